The molecule has 0 spiro atoms. The van der Waals surface area contributed by atoms with Gasteiger partial charge in [-0.25, -0.2) is 4.45 Å². The van der Waals surface area contributed by atoms with Gasteiger partial charge in [0.2, 0.25) is 0 Å². The lowest BCUT2D eigenvalue weighted by Gasteiger charge is -2.13. The number of ether oxygens (including phenoxy) is 1. The average molecular weight is 326 g/mol. The molecule has 0 saturated heterocycles. The summed E-state index contributed by atoms with van der Waals surface area (Å²) in [5, 5.41) is 22.4. The molecule has 1 aromatic rings. The Morgan fingerprint density at radius 1 is 1.57 bits per heavy atom. The van der Waals surface area contributed by atoms with E-state index < -0.39 is 7.12 Å². The average Bonchev–Trinajstić information content (AvgIpc) is 2.56. The molecule has 1 unspecified atom stereocenters. The molecule has 0 radical (unpaired) electrons. The molecule has 0 bridgehead atoms. The van der Waals surface area contributed by atoms with E-state index in [4.69, 9.17) is 14.8 Å². The van der Waals surface area contributed by atoms with Crippen molar-refractivity contribution < 1.29 is 14.8 Å². The van der Waals surface area contributed by atoms with Crippen LogP contribution in [-0.4, -0.2) is 33.3 Å². The van der Waals surface area contributed by atoms with Crippen molar-refractivity contribution in [2.75, 3.05) is 6.61 Å². The number of rotatable bonds is 2. The number of halogens is 1. The summed E-state index contributed by atoms with van der Waals surface area (Å²) in [6, 6.07) is 0. The molecule has 1 aliphatic rings. The van der Waals surface area contributed by atoms with Crippen LogP contribution in [-0.2, 0) is 17.8 Å². The maximum Gasteiger partial charge on any atom is 0.510 e. The van der Waals surface area contributed by atoms with Crippen LogP contribution < -0.4 is 5.59 Å². The molecule has 0 fully saturated rings. The lowest BCUT2D eigenvalue weighted by Crippen LogP contribution is -2.35. The summed E-state index contributed by atoms with van der Waals surface area (Å²) in [4.78, 5) is 0. The highest BCUT2D eigenvalue weighted by molar-refractivity contribution is 14.2. The SMILES string of the molecule is OB(O)c1nn(PI)c2c1COCC2. The van der Waals surface area contributed by atoms with Crippen molar-refractivity contribution in [2.45, 2.75) is 13.0 Å². The second kappa shape index (κ2) is 4.44. The molecule has 14 heavy (non-hydrogen) atoms. The van der Waals surface area contributed by atoms with E-state index in [0.29, 0.717) is 25.2 Å². The normalized spacial score (nSPS) is 16.2. The molecule has 76 valence electrons. The smallest absolute Gasteiger partial charge is 0.422 e. The fraction of sp³-hybridized carbons (Fsp3) is 0.500. The molecule has 0 aliphatic carbocycles. The van der Waals surface area contributed by atoms with E-state index in [1.165, 1.54) is 0 Å². The van der Waals surface area contributed by atoms with Crippen LogP contribution in [0.2, 0.25) is 0 Å². The van der Waals surface area contributed by atoms with Crippen LogP contribution in [0.25, 0.3) is 0 Å². The van der Waals surface area contributed by atoms with E-state index in [0.717, 1.165) is 17.7 Å². The molecule has 1 aliphatic heterocycles. The fourth-order valence-corrected chi connectivity index (χ4v) is 3.23. The highest BCUT2D eigenvalue weighted by atomic mass is 127. The van der Waals surface area contributed by atoms with Crippen LogP contribution >= 0.6 is 28.4 Å². The minimum absolute atomic E-state index is 0.337. The molecule has 0 amide bonds. The summed E-state index contributed by atoms with van der Waals surface area (Å²) >= 11 is 2.22. The summed E-state index contributed by atoms with van der Waals surface area (Å²) < 4.78 is 7.10. The minimum Gasteiger partial charge on any atom is -0.422 e. The Morgan fingerprint density at radius 3 is 3.00 bits per heavy atom. The molecule has 8 heteroatoms. The number of fused-ring (bicyclic) bond motifs is 1. The van der Waals surface area contributed by atoms with E-state index in [1.54, 1.807) is 0 Å². The third-order valence-electron chi connectivity index (χ3n) is 2.18. The van der Waals surface area contributed by atoms with Gasteiger partial charge in [0.05, 0.1) is 30.9 Å². The predicted molar refractivity (Wildman–Crippen MR) is 63.1 cm³/mol. The van der Waals surface area contributed by atoms with Crippen molar-refractivity contribution >= 4 is 41.1 Å². The highest BCUT2D eigenvalue weighted by Crippen LogP contribution is 2.28. The van der Waals surface area contributed by atoms with Gasteiger partial charge in [0.25, 0.3) is 0 Å². The van der Waals surface area contributed by atoms with Gasteiger partial charge in [0, 0.05) is 12.0 Å². The van der Waals surface area contributed by atoms with E-state index in [2.05, 4.69) is 27.1 Å². The van der Waals surface area contributed by atoms with E-state index in [1.807, 2.05) is 4.45 Å². The molecule has 2 rings (SSSR count). The molecule has 0 aromatic carbocycles. The van der Waals surface area contributed by atoms with Crippen LogP contribution in [0.1, 0.15) is 11.3 Å². The van der Waals surface area contributed by atoms with Crippen molar-refractivity contribution in [3.05, 3.63) is 11.3 Å². The Kier molecular flexibility index (Phi) is 3.44. The Labute approximate surface area is 96.3 Å². The Hall–Kier alpha value is 0.315. The number of hydrogen-bond acceptors (Lipinski definition) is 4. The molecule has 1 aromatic heterocycles. The maximum absolute atomic E-state index is 9.11. The zero-order valence-corrected chi connectivity index (χ0v) is 10.4. The molecule has 1 atom stereocenters. The summed E-state index contributed by atoms with van der Waals surface area (Å²) in [6.07, 6.45) is 1.28. The minimum atomic E-state index is -1.50. The van der Waals surface area contributed by atoms with Gasteiger partial charge < -0.3 is 14.8 Å². The quantitative estimate of drug-likeness (QED) is 0.434. The predicted octanol–water partition coefficient (Wildman–Crippen LogP) is -0.573. The lowest BCUT2D eigenvalue weighted by molar-refractivity contribution is 0.110. The lowest BCUT2D eigenvalue weighted by atomic mass is 9.82. The maximum atomic E-state index is 9.11. The zero-order chi connectivity index (χ0) is 10.1. The number of aromatic nitrogens is 2. The first-order chi connectivity index (χ1) is 6.74. The van der Waals surface area contributed by atoms with Crippen LogP contribution in [0.4, 0.5) is 0 Å². The highest BCUT2D eigenvalue weighted by Gasteiger charge is 2.27. The van der Waals surface area contributed by atoms with Gasteiger partial charge in [0.15, 0.2) is 0 Å². The topological polar surface area (TPSA) is 67.5 Å². The second-order valence-corrected chi connectivity index (χ2v) is 5.02. The van der Waals surface area contributed by atoms with Gasteiger partial charge in [-0.2, -0.15) is 5.10 Å². The van der Waals surface area contributed by atoms with E-state index in [-0.39, 0.29) is 0 Å². The molecule has 2 N–H and O–H groups in total. The molecule has 2 heterocycles. The number of nitrogens with zero attached hydrogens (tertiary/aromatic N) is 2. The molecule has 5 nitrogen and oxygen atoms in total. The molecule has 0 saturated carbocycles. The zero-order valence-electron chi connectivity index (χ0n) is 7.27. The van der Waals surface area contributed by atoms with Crippen LogP contribution in [0.15, 0.2) is 0 Å². The van der Waals surface area contributed by atoms with Crippen molar-refractivity contribution in [3.63, 3.8) is 0 Å². The van der Waals surface area contributed by atoms with Crippen LogP contribution in [0.3, 0.4) is 0 Å². The van der Waals surface area contributed by atoms with E-state index >= 15 is 0 Å². The van der Waals surface area contributed by atoms with E-state index in [9.17, 15) is 0 Å². The number of hydrogen-bond donors (Lipinski definition) is 2. The summed E-state index contributed by atoms with van der Waals surface area (Å²) in [7, 11) is -1.50. The van der Waals surface area contributed by atoms with Crippen molar-refractivity contribution in [1.29, 1.82) is 0 Å². The first-order valence-electron chi connectivity index (χ1n) is 4.15. The van der Waals surface area contributed by atoms with Crippen LogP contribution in [0.5, 0.6) is 0 Å². The largest absolute Gasteiger partial charge is 0.510 e. The first-order valence-corrected chi connectivity index (χ1v) is 8.21. The van der Waals surface area contributed by atoms with Gasteiger partial charge >= 0.3 is 7.12 Å². The Morgan fingerprint density at radius 2 is 2.36 bits per heavy atom. The molecular formula is C6H9BIN2O3P. The van der Waals surface area contributed by atoms with Crippen LogP contribution in [0, 0.1) is 0 Å². The van der Waals surface area contributed by atoms with Gasteiger partial charge in [-0.15, -0.1) is 0 Å². The van der Waals surface area contributed by atoms with Gasteiger partial charge in [-0.3, -0.25) is 0 Å². The third-order valence-corrected chi connectivity index (χ3v) is 4.08. The third kappa shape index (κ3) is 1.83. The van der Waals surface area contributed by atoms with Crippen molar-refractivity contribution in [2.24, 2.45) is 0 Å². The van der Waals surface area contributed by atoms with Crippen molar-refractivity contribution in [1.82, 2.24) is 9.55 Å². The fourth-order valence-electron chi connectivity index (χ4n) is 1.54. The summed E-state index contributed by atoms with van der Waals surface area (Å²) in [6.45, 7) is 1.12. The molecular weight excluding hydrogens is 317 g/mol. The van der Waals surface area contributed by atoms with Crippen molar-refractivity contribution in [3.8, 4) is 0 Å². The van der Waals surface area contributed by atoms with Gasteiger partial charge in [-0.1, -0.05) is 0 Å². The van der Waals surface area contributed by atoms with Gasteiger partial charge in [-0.05, 0) is 22.0 Å². The van der Waals surface area contributed by atoms with Gasteiger partial charge in [0.1, 0.15) is 0 Å². The Bertz CT molecular complexity index is 346. The second-order valence-electron chi connectivity index (χ2n) is 2.98. The summed E-state index contributed by atoms with van der Waals surface area (Å²) in [5.74, 6) is 0. The first kappa shape index (κ1) is 10.8. The monoisotopic (exact) mass is 326 g/mol. The standard InChI is InChI=1S/C6H9BIN2O3P/c8-14-10-5-1-2-13-3-4(5)6(9-10)7(11)12/h11-12,14H,1-3H2. The Balaban J connectivity index is 2.46. The summed E-state index contributed by atoms with van der Waals surface area (Å²) in [5.41, 5.74) is 2.26.